The van der Waals surface area contributed by atoms with Crippen molar-refractivity contribution in [2.45, 2.75) is 52.6 Å². The zero-order chi connectivity index (χ0) is 14.4. The van der Waals surface area contributed by atoms with Crippen LogP contribution in [0.1, 0.15) is 45.1 Å². The summed E-state index contributed by atoms with van der Waals surface area (Å²) in [5.74, 6) is -0.397. The number of rotatable bonds is 7. The average Bonchev–Trinajstić information content (AvgIpc) is 2.39. The van der Waals surface area contributed by atoms with Crippen LogP contribution in [0.3, 0.4) is 0 Å². The lowest BCUT2D eigenvalue weighted by molar-refractivity contribution is 0.381. The summed E-state index contributed by atoms with van der Waals surface area (Å²) < 4.78 is 2.29. The molecule has 0 amide bonds. The Morgan fingerprint density at radius 3 is 2.11 bits per heavy atom. The predicted molar refractivity (Wildman–Crippen MR) is 74.3 cm³/mol. The van der Waals surface area contributed by atoms with E-state index in [9.17, 15) is 14.7 Å². The molecule has 1 rings (SSSR count). The van der Waals surface area contributed by atoms with E-state index < -0.39 is 17.1 Å². The largest absolute Gasteiger partial charge is 0.494 e. The number of aromatic hydroxyl groups is 1. The standard InChI is InChI=1S/C13H21N3O3/c1-3-5-7-15-11(17)10(9-14)12(18)16(13(15)19)8-6-4-2/h9,14,17H,3-8H2,1-2H3. The molecule has 106 valence electrons. The second kappa shape index (κ2) is 6.92. The van der Waals surface area contributed by atoms with E-state index in [2.05, 4.69) is 0 Å². The summed E-state index contributed by atoms with van der Waals surface area (Å²) in [6.07, 6.45) is 3.99. The van der Waals surface area contributed by atoms with Gasteiger partial charge in [0.1, 0.15) is 5.56 Å². The van der Waals surface area contributed by atoms with E-state index in [4.69, 9.17) is 5.41 Å². The Balaban J connectivity index is 3.42. The summed E-state index contributed by atoms with van der Waals surface area (Å²) in [6.45, 7) is 4.63. The summed E-state index contributed by atoms with van der Waals surface area (Å²) >= 11 is 0. The maximum atomic E-state index is 12.2. The third kappa shape index (κ3) is 3.13. The van der Waals surface area contributed by atoms with E-state index >= 15 is 0 Å². The van der Waals surface area contributed by atoms with Gasteiger partial charge in [-0.1, -0.05) is 26.7 Å². The van der Waals surface area contributed by atoms with Crippen molar-refractivity contribution < 1.29 is 5.11 Å². The Hall–Kier alpha value is -1.85. The predicted octanol–water partition coefficient (Wildman–Crippen LogP) is 1.31. The van der Waals surface area contributed by atoms with Gasteiger partial charge in [-0.05, 0) is 12.8 Å². The first-order valence-corrected chi connectivity index (χ1v) is 6.65. The molecule has 0 aliphatic carbocycles. The fourth-order valence-corrected chi connectivity index (χ4v) is 1.87. The van der Waals surface area contributed by atoms with Gasteiger partial charge in [-0.15, -0.1) is 0 Å². The highest BCUT2D eigenvalue weighted by atomic mass is 16.3. The smallest absolute Gasteiger partial charge is 0.333 e. The van der Waals surface area contributed by atoms with Crippen LogP contribution < -0.4 is 11.2 Å². The minimum atomic E-state index is -0.585. The highest BCUT2D eigenvalue weighted by Gasteiger charge is 2.16. The van der Waals surface area contributed by atoms with Crippen LogP contribution in [-0.4, -0.2) is 20.5 Å². The Bertz CT molecular complexity index is 557. The van der Waals surface area contributed by atoms with E-state index in [1.54, 1.807) is 0 Å². The molecule has 1 heterocycles. The molecule has 0 saturated carbocycles. The van der Waals surface area contributed by atoms with E-state index in [0.717, 1.165) is 30.0 Å². The number of aromatic nitrogens is 2. The normalized spacial score (nSPS) is 10.6. The molecule has 1 aromatic rings. The molecule has 0 saturated heterocycles. The molecule has 0 fully saturated rings. The van der Waals surface area contributed by atoms with Gasteiger partial charge in [0.05, 0.1) is 0 Å². The van der Waals surface area contributed by atoms with Crippen molar-refractivity contribution >= 4 is 6.21 Å². The first-order valence-electron chi connectivity index (χ1n) is 6.65. The molecule has 0 radical (unpaired) electrons. The van der Waals surface area contributed by atoms with Crippen molar-refractivity contribution in [1.82, 2.24) is 9.13 Å². The van der Waals surface area contributed by atoms with Crippen LogP contribution in [0.4, 0.5) is 0 Å². The van der Waals surface area contributed by atoms with E-state index in [0.29, 0.717) is 19.5 Å². The molecule has 2 N–H and O–H groups in total. The molecule has 0 atom stereocenters. The Labute approximate surface area is 111 Å². The van der Waals surface area contributed by atoms with Crippen molar-refractivity contribution in [3.63, 3.8) is 0 Å². The first-order chi connectivity index (χ1) is 9.08. The minimum Gasteiger partial charge on any atom is -0.494 e. The van der Waals surface area contributed by atoms with Crippen LogP contribution in [-0.2, 0) is 13.1 Å². The number of nitrogens with one attached hydrogen (secondary N) is 1. The number of hydrogen-bond acceptors (Lipinski definition) is 4. The Morgan fingerprint density at radius 2 is 1.63 bits per heavy atom. The third-order valence-electron chi connectivity index (χ3n) is 3.05. The second-order valence-electron chi connectivity index (χ2n) is 4.48. The molecule has 0 bridgehead atoms. The van der Waals surface area contributed by atoms with Gasteiger partial charge < -0.3 is 10.5 Å². The van der Waals surface area contributed by atoms with Crippen molar-refractivity contribution in [2.24, 2.45) is 0 Å². The van der Waals surface area contributed by atoms with Crippen molar-refractivity contribution in [2.75, 3.05) is 0 Å². The van der Waals surface area contributed by atoms with Crippen molar-refractivity contribution in [1.29, 1.82) is 5.41 Å². The lowest BCUT2D eigenvalue weighted by Crippen LogP contribution is -2.41. The summed E-state index contributed by atoms with van der Waals surface area (Å²) in [6, 6.07) is 0. The molecule has 6 heteroatoms. The topological polar surface area (TPSA) is 88.1 Å². The Morgan fingerprint density at radius 1 is 1.11 bits per heavy atom. The summed E-state index contributed by atoms with van der Waals surface area (Å²) in [5, 5.41) is 17.2. The molecule has 0 aliphatic rings. The van der Waals surface area contributed by atoms with Gasteiger partial charge in [0.25, 0.3) is 5.56 Å². The van der Waals surface area contributed by atoms with Crippen LogP contribution in [0.2, 0.25) is 0 Å². The fourth-order valence-electron chi connectivity index (χ4n) is 1.87. The summed E-state index contributed by atoms with van der Waals surface area (Å²) in [7, 11) is 0. The maximum Gasteiger partial charge on any atom is 0.333 e. The second-order valence-corrected chi connectivity index (χ2v) is 4.48. The highest BCUT2D eigenvalue weighted by molar-refractivity contribution is 5.79. The van der Waals surface area contributed by atoms with Gasteiger partial charge in [-0.3, -0.25) is 13.9 Å². The average molecular weight is 267 g/mol. The van der Waals surface area contributed by atoms with Gasteiger partial charge >= 0.3 is 5.69 Å². The van der Waals surface area contributed by atoms with Crippen LogP contribution in [0.5, 0.6) is 5.88 Å². The van der Waals surface area contributed by atoms with E-state index in [-0.39, 0.29) is 5.56 Å². The van der Waals surface area contributed by atoms with Gasteiger partial charge in [0, 0.05) is 19.3 Å². The fraction of sp³-hybridized carbons (Fsp3) is 0.615. The first kappa shape index (κ1) is 15.2. The molecule has 0 aliphatic heterocycles. The molecular weight excluding hydrogens is 246 g/mol. The van der Waals surface area contributed by atoms with Gasteiger partial charge in [0.2, 0.25) is 5.88 Å². The van der Waals surface area contributed by atoms with Crippen LogP contribution in [0.25, 0.3) is 0 Å². The highest BCUT2D eigenvalue weighted by Crippen LogP contribution is 2.09. The Kier molecular flexibility index (Phi) is 5.54. The molecule has 19 heavy (non-hydrogen) atoms. The lowest BCUT2D eigenvalue weighted by Gasteiger charge is -2.13. The zero-order valence-electron chi connectivity index (χ0n) is 11.5. The van der Waals surface area contributed by atoms with Crippen LogP contribution in [0.15, 0.2) is 9.59 Å². The van der Waals surface area contributed by atoms with Crippen molar-refractivity contribution in [3.8, 4) is 5.88 Å². The quantitative estimate of drug-likeness (QED) is 0.730. The van der Waals surface area contributed by atoms with Crippen LogP contribution >= 0.6 is 0 Å². The SMILES string of the molecule is CCCCn1c(O)c(C=N)c(=O)n(CCCC)c1=O. The third-order valence-corrected chi connectivity index (χ3v) is 3.05. The molecule has 1 aromatic heterocycles. The number of unbranched alkanes of at least 4 members (excludes halogenated alkanes) is 2. The molecule has 0 aromatic carbocycles. The number of nitrogens with zero attached hydrogens (tertiary/aromatic N) is 2. The minimum absolute atomic E-state index is 0.119. The zero-order valence-corrected chi connectivity index (χ0v) is 11.5. The molecule has 6 nitrogen and oxygen atoms in total. The summed E-state index contributed by atoms with van der Waals surface area (Å²) in [5.41, 5.74) is -1.19. The molecular formula is C13H21N3O3. The van der Waals surface area contributed by atoms with Gasteiger partial charge in [-0.25, -0.2) is 4.79 Å². The van der Waals surface area contributed by atoms with E-state index in [1.807, 2.05) is 13.8 Å². The summed E-state index contributed by atoms with van der Waals surface area (Å²) in [4.78, 5) is 24.2. The van der Waals surface area contributed by atoms with Crippen LogP contribution in [0, 0.1) is 5.41 Å². The molecule has 0 spiro atoms. The molecule has 0 unspecified atom stereocenters. The maximum absolute atomic E-state index is 12.2. The lowest BCUT2D eigenvalue weighted by atomic mass is 10.3. The number of hydrogen-bond donors (Lipinski definition) is 2. The van der Waals surface area contributed by atoms with Gasteiger partial charge in [0.15, 0.2) is 0 Å². The van der Waals surface area contributed by atoms with Crippen molar-refractivity contribution in [3.05, 3.63) is 26.4 Å². The van der Waals surface area contributed by atoms with E-state index in [1.165, 1.54) is 4.57 Å². The van der Waals surface area contributed by atoms with Gasteiger partial charge in [-0.2, -0.15) is 0 Å². The monoisotopic (exact) mass is 267 g/mol.